The summed E-state index contributed by atoms with van der Waals surface area (Å²) < 4.78 is 5.44. The maximum absolute atomic E-state index is 6.16. The van der Waals surface area contributed by atoms with Gasteiger partial charge in [-0.05, 0) is 37.1 Å². The molecule has 0 unspecified atom stereocenters. The minimum atomic E-state index is 0.549. The van der Waals surface area contributed by atoms with Gasteiger partial charge in [0.05, 0.1) is 0 Å². The average Bonchev–Trinajstić information content (AvgIpc) is 2.46. The van der Waals surface area contributed by atoms with Crippen molar-refractivity contribution in [3.63, 3.8) is 0 Å². The van der Waals surface area contributed by atoms with Crippen LogP contribution in [-0.2, 0) is 11.3 Å². The monoisotopic (exact) mass is 282 g/mol. The molecular weight excluding hydrogens is 260 g/mol. The number of nitrogens with one attached hydrogen (secondary N) is 1. The number of hydrogen-bond donors (Lipinski definition) is 1. The van der Waals surface area contributed by atoms with Crippen molar-refractivity contribution in [2.75, 3.05) is 31.7 Å². The van der Waals surface area contributed by atoms with Crippen molar-refractivity contribution in [1.29, 1.82) is 0 Å². The third kappa shape index (κ3) is 3.85. The average molecular weight is 283 g/mol. The number of rotatable bonds is 5. The zero-order chi connectivity index (χ0) is 13.7. The van der Waals surface area contributed by atoms with E-state index in [9.17, 15) is 0 Å². The van der Waals surface area contributed by atoms with Crippen LogP contribution in [0, 0.1) is 0 Å². The second-order valence-electron chi connectivity index (χ2n) is 5.01. The molecule has 0 spiro atoms. The number of benzene rings is 1. The lowest BCUT2D eigenvalue weighted by molar-refractivity contribution is 0.0854. The van der Waals surface area contributed by atoms with Crippen LogP contribution in [0.5, 0.6) is 0 Å². The molecule has 0 bridgehead atoms. The molecule has 0 radical (unpaired) electrons. The maximum Gasteiger partial charge on any atom is 0.0485 e. The molecule has 0 amide bonds. The highest BCUT2D eigenvalue weighted by Crippen LogP contribution is 2.28. The molecule has 1 aliphatic heterocycles. The number of hydrogen-bond acceptors (Lipinski definition) is 3. The van der Waals surface area contributed by atoms with E-state index in [0.717, 1.165) is 44.2 Å². The molecule has 1 aliphatic rings. The van der Waals surface area contributed by atoms with Gasteiger partial charge in [0.15, 0.2) is 0 Å². The Kier molecular flexibility index (Phi) is 5.49. The summed E-state index contributed by atoms with van der Waals surface area (Å²) in [5, 5.41) is 4.19. The van der Waals surface area contributed by atoms with E-state index in [1.54, 1.807) is 0 Å². The summed E-state index contributed by atoms with van der Waals surface area (Å²) >= 11 is 6.16. The van der Waals surface area contributed by atoms with Gasteiger partial charge in [0.2, 0.25) is 0 Å². The third-order valence-electron chi connectivity index (χ3n) is 3.73. The maximum atomic E-state index is 6.16. The Labute approximate surface area is 120 Å². The molecule has 0 saturated carbocycles. The third-order valence-corrected chi connectivity index (χ3v) is 3.97. The normalized spacial score (nSPS) is 16.6. The number of nitrogens with zero attached hydrogens (tertiary/aromatic N) is 1. The summed E-state index contributed by atoms with van der Waals surface area (Å²) in [6.45, 7) is 5.70. The van der Waals surface area contributed by atoms with Gasteiger partial charge in [0.25, 0.3) is 0 Å². The molecule has 0 atom stereocenters. The SMILES string of the molecule is CCNCc1ccc(Cl)cc1N(C)C1CCOCC1. The van der Waals surface area contributed by atoms with Crippen molar-refractivity contribution < 1.29 is 4.74 Å². The molecule has 1 fully saturated rings. The van der Waals surface area contributed by atoms with Crippen molar-refractivity contribution in [2.24, 2.45) is 0 Å². The molecule has 3 nitrogen and oxygen atoms in total. The number of ether oxygens (including phenoxy) is 1. The summed E-state index contributed by atoms with van der Waals surface area (Å²) in [7, 11) is 2.16. The summed E-state index contributed by atoms with van der Waals surface area (Å²) in [6.07, 6.45) is 2.17. The molecule has 19 heavy (non-hydrogen) atoms. The van der Waals surface area contributed by atoms with E-state index in [0.29, 0.717) is 6.04 Å². The molecular formula is C15H23ClN2O. The lowest BCUT2D eigenvalue weighted by Crippen LogP contribution is -2.37. The van der Waals surface area contributed by atoms with Gasteiger partial charge in [-0.15, -0.1) is 0 Å². The molecule has 4 heteroatoms. The van der Waals surface area contributed by atoms with E-state index < -0.39 is 0 Å². The first-order valence-electron chi connectivity index (χ1n) is 7.02. The highest BCUT2D eigenvalue weighted by Gasteiger charge is 2.20. The Morgan fingerprint density at radius 1 is 1.37 bits per heavy atom. The minimum absolute atomic E-state index is 0.549. The van der Waals surface area contributed by atoms with Crippen LogP contribution in [0.3, 0.4) is 0 Å². The van der Waals surface area contributed by atoms with Crippen LogP contribution in [-0.4, -0.2) is 32.8 Å². The van der Waals surface area contributed by atoms with Crippen molar-refractivity contribution in [2.45, 2.75) is 32.4 Å². The predicted molar refractivity (Wildman–Crippen MR) is 81.1 cm³/mol. The lowest BCUT2D eigenvalue weighted by atomic mass is 10.0. The molecule has 106 valence electrons. The van der Waals surface area contributed by atoms with Crippen LogP contribution < -0.4 is 10.2 Å². The molecule has 2 rings (SSSR count). The Morgan fingerprint density at radius 3 is 2.79 bits per heavy atom. The lowest BCUT2D eigenvalue weighted by Gasteiger charge is -2.34. The topological polar surface area (TPSA) is 24.5 Å². The molecule has 1 N–H and O–H groups in total. The van der Waals surface area contributed by atoms with Gasteiger partial charge in [0.1, 0.15) is 0 Å². The van der Waals surface area contributed by atoms with E-state index in [1.165, 1.54) is 11.3 Å². The van der Waals surface area contributed by atoms with Crippen molar-refractivity contribution >= 4 is 17.3 Å². The zero-order valence-electron chi connectivity index (χ0n) is 11.8. The largest absolute Gasteiger partial charge is 0.381 e. The highest BCUT2D eigenvalue weighted by molar-refractivity contribution is 6.30. The Bertz CT molecular complexity index is 405. The fourth-order valence-corrected chi connectivity index (χ4v) is 2.71. The van der Waals surface area contributed by atoms with E-state index in [4.69, 9.17) is 16.3 Å². The highest BCUT2D eigenvalue weighted by atomic mass is 35.5. The zero-order valence-corrected chi connectivity index (χ0v) is 12.5. The first kappa shape index (κ1) is 14.6. The minimum Gasteiger partial charge on any atom is -0.381 e. The smallest absolute Gasteiger partial charge is 0.0485 e. The van der Waals surface area contributed by atoms with Gasteiger partial charge in [-0.3, -0.25) is 0 Å². The van der Waals surface area contributed by atoms with Gasteiger partial charge in [-0.25, -0.2) is 0 Å². The van der Waals surface area contributed by atoms with Crippen molar-refractivity contribution in [1.82, 2.24) is 5.32 Å². The van der Waals surface area contributed by atoms with E-state index in [-0.39, 0.29) is 0 Å². The van der Waals surface area contributed by atoms with Crippen LogP contribution in [0.1, 0.15) is 25.3 Å². The quantitative estimate of drug-likeness (QED) is 0.898. The molecule has 0 aliphatic carbocycles. The summed E-state index contributed by atoms with van der Waals surface area (Å²) in [6, 6.07) is 6.71. The Morgan fingerprint density at radius 2 is 2.11 bits per heavy atom. The Hall–Kier alpha value is -0.770. The number of halogens is 1. The van der Waals surface area contributed by atoms with E-state index in [1.807, 2.05) is 6.07 Å². The van der Waals surface area contributed by atoms with E-state index in [2.05, 4.69) is 36.3 Å². The summed E-state index contributed by atoms with van der Waals surface area (Å²) in [5.74, 6) is 0. The van der Waals surface area contributed by atoms with Gasteiger partial charge >= 0.3 is 0 Å². The standard InChI is InChI=1S/C15H23ClN2O/c1-3-17-11-12-4-5-13(16)10-15(12)18(2)14-6-8-19-9-7-14/h4-5,10,14,17H,3,6-9,11H2,1-2H3. The fraction of sp³-hybridized carbons (Fsp3) is 0.600. The second kappa shape index (κ2) is 7.13. The van der Waals surface area contributed by atoms with Gasteiger partial charge in [0, 0.05) is 43.6 Å². The first-order valence-corrected chi connectivity index (χ1v) is 7.40. The van der Waals surface area contributed by atoms with Gasteiger partial charge in [-0.1, -0.05) is 24.6 Å². The van der Waals surface area contributed by atoms with Crippen LogP contribution in [0.15, 0.2) is 18.2 Å². The van der Waals surface area contributed by atoms with Crippen LogP contribution >= 0.6 is 11.6 Å². The molecule has 0 aromatic heterocycles. The van der Waals surface area contributed by atoms with Crippen LogP contribution in [0.2, 0.25) is 5.02 Å². The van der Waals surface area contributed by atoms with Crippen molar-refractivity contribution in [3.05, 3.63) is 28.8 Å². The number of anilines is 1. The van der Waals surface area contributed by atoms with Crippen LogP contribution in [0.4, 0.5) is 5.69 Å². The van der Waals surface area contributed by atoms with Crippen molar-refractivity contribution in [3.8, 4) is 0 Å². The Balaban J connectivity index is 2.17. The summed E-state index contributed by atoms with van der Waals surface area (Å²) in [5.41, 5.74) is 2.54. The predicted octanol–water partition coefficient (Wildman–Crippen LogP) is 3.06. The van der Waals surface area contributed by atoms with Crippen LogP contribution in [0.25, 0.3) is 0 Å². The van der Waals surface area contributed by atoms with E-state index >= 15 is 0 Å². The molecule has 1 aromatic rings. The van der Waals surface area contributed by atoms with Gasteiger partial charge < -0.3 is 15.0 Å². The molecule has 1 heterocycles. The molecule has 1 saturated heterocycles. The van der Waals surface area contributed by atoms with Gasteiger partial charge in [-0.2, -0.15) is 0 Å². The summed E-state index contributed by atoms with van der Waals surface area (Å²) in [4.78, 5) is 2.36. The first-order chi connectivity index (χ1) is 9.22. The fourth-order valence-electron chi connectivity index (χ4n) is 2.54. The molecule has 1 aromatic carbocycles. The second-order valence-corrected chi connectivity index (χ2v) is 5.44.